The van der Waals surface area contributed by atoms with Crippen LogP contribution in [-0.2, 0) is 6.54 Å². The molecule has 0 saturated carbocycles. The fourth-order valence-electron chi connectivity index (χ4n) is 2.96. The van der Waals surface area contributed by atoms with Crippen molar-refractivity contribution in [2.75, 3.05) is 26.2 Å². The van der Waals surface area contributed by atoms with Crippen LogP contribution >= 0.6 is 11.3 Å². The number of benzene rings is 1. The quantitative estimate of drug-likeness (QED) is 0.798. The van der Waals surface area contributed by atoms with Crippen LogP contribution in [0, 0.1) is 0 Å². The van der Waals surface area contributed by atoms with Gasteiger partial charge >= 0.3 is 4.87 Å². The van der Waals surface area contributed by atoms with Gasteiger partial charge in [-0.1, -0.05) is 23.5 Å². The lowest BCUT2D eigenvalue weighted by atomic mass is 10.2. The van der Waals surface area contributed by atoms with Crippen LogP contribution in [-0.4, -0.2) is 46.4 Å². The van der Waals surface area contributed by atoms with Crippen molar-refractivity contribution in [3.63, 3.8) is 0 Å². The number of aromatic nitrogens is 1. The molecule has 4 nitrogen and oxygen atoms in total. The van der Waals surface area contributed by atoms with Gasteiger partial charge in [0.15, 0.2) is 0 Å². The van der Waals surface area contributed by atoms with Gasteiger partial charge < -0.3 is 9.59 Å². The lowest BCUT2D eigenvalue weighted by molar-refractivity contribution is -0.926. The molecule has 1 N–H and O–H groups in total. The first-order valence-electron chi connectivity index (χ1n) is 7.66. The number of thiazole rings is 1. The molecule has 1 heterocycles. The van der Waals surface area contributed by atoms with Crippen molar-refractivity contribution >= 4 is 21.6 Å². The van der Waals surface area contributed by atoms with Gasteiger partial charge in [-0.2, -0.15) is 0 Å². The fourth-order valence-corrected chi connectivity index (χ4v) is 3.86. The van der Waals surface area contributed by atoms with E-state index in [4.69, 9.17) is 0 Å². The summed E-state index contributed by atoms with van der Waals surface area (Å²) in [4.78, 5) is 12.1. The third-order valence-corrected chi connectivity index (χ3v) is 5.54. The molecule has 2 rings (SSSR count). The molecule has 116 valence electrons. The number of fused-ring (bicyclic) bond motifs is 1. The van der Waals surface area contributed by atoms with Gasteiger partial charge in [-0.15, -0.1) is 0 Å². The molecule has 0 aliphatic carbocycles. The molecule has 5 heteroatoms. The minimum absolute atomic E-state index is 0.0119. The first-order chi connectivity index (χ1) is 10.0. The molecule has 0 unspecified atom stereocenters. The van der Waals surface area contributed by atoms with Gasteiger partial charge in [-0.3, -0.25) is 9.36 Å². The Hall–Kier alpha value is -1.17. The SMILES string of the molecule is CC[N+](CC)(CC)C[C@H](O)Cn1c(=O)sc2ccccc21. The Labute approximate surface area is 129 Å². The Morgan fingerprint density at radius 1 is 1.19 bits per heavy atom. The first-order valence-corrected chi connectivity index (χ1v) is 8.48. The Kier molecular flexibility index (Phi) is 5.19. The Morgan fingerprint density at radius 3 is 2.43 bits per heavy atom. The monoisotopic (exact) mass is 309 g/mol. The minimum Gasteiger partial charge on any atom is -0.385 e. The second-order valence-electron chi connectivity index (χ2n) is 5.57. The van der Waals surface area contributed by atoms with Crippen molar-refractivity contribution in [1.29, 1.82) is 0 Å². The molecule has 0 fully saturated rings. The third-order valence-electron chi connectivity index (χ3n) is 4.58. The number of quaternary nitrogens is 1. The van der Waals surface area contributed by atoms with E-state index in [0.29, 0.717) is 13.1 Å². The Morgan fingerprint density at radius 2 is 1.81 bits per heavy atom. The maximum absolute atomic E-state index is 12.1. The molecule has 0 saturated heterocycles. The highest BCUT2D eigenvalue weighted by atomic mass is 32.1. The predicted molar refractivity (Wildman–Crippen MR) is 88.8 cm³/mol. The average Bonchev–Trinajstić information content (AvgIpc) is 2.81. The van der Waals surface area contributed by atoms with Crippen molar-refractivity contribution in [3.05, 3.63) is 33.9 Å². The summed E-state index contributed by atoms with van der Waals surface area (Å²) >= 11 is 1.25. The summed E-state index contributed by atoms with van der Waals surface area (Å²) < 4.78 is 3.58. The number of aliphatic hydroxyl groups excluding tert-OH is 1. The van der Waals surface area contributed by atoms with Crippen molar-refractivity contribution < 1.29 is 9.59 Å². The van der Waals surface area contributed by atoms with E-state index in [0.717, 1.165) is 34.3 Å². The van der Waals surface area contributed by atoms with E-state index in [1.54, 1.807) is 4.57 Å². The predicted octanol–water partition coefficient (Wildman–Crippen LogP) is 2.30. The highest BCUT2D eigenvalue weighted by Gasteiger charge is 2.25. The highest BCUT2D eigenvalue weighted by molar-refractivity contribution is 7.16. The highest BCUT2D eigenvalue weighted by Crippen LogP contribution is 2.17. The zero-order chi connectivity index (χ0) is 15.5. The van der Waals surface area contributed by atoms with Crippen LogP contribution in [0.1, 0.15) is 20.8 Å². The summed E-state index contributed by atoms with van der Waals surface area (Å²) in [5, 5.41) is 10.5. The standard InChI is InChI=1S/C16H25N2O2S/c1-4-18(5-2,6-3)12-13(19)11-17-14-9-7-8-10-15(14)21-16(17)20/h7-10,13,19H,4-6,11-12H2,1-3H3/q+1/t13-/m1/s1. The molecule has 0 aliphatic rings. The van der Waals surface area contributed by atoms with E-state index in [1.807, 2.05) is 24.3 Å². The van der Waals surface area contributed by atoms with Crippen molar-refractivity contribution in [2.45, 2.75) is 33.4 Å². The largest absolute Gasteiger partial charge is 0.385 e. The number of hydrogen-bond acceptors (Lipinski definition) is 3. The van der Waals surface area contributed by atoms with Gasteiger partial charge in [0, 0.05) is 0 Å². The molecule has 1 aromatic carbocycles. The summed E-state index contributed by atoms with van der Waals surface area (Å²) in [6, 6.07) is 7.77. The molecule has 2 aromatic rings. The van der Waals surface area contributed by atoms with Gasteiger partial charge in [0.25, 0.3) is 0 Å². The summed E-state index contributed by atoms with van der Waals surface area (Å²) in [6.45, 7) is 10.6. The number of hydrogen-bond donors (Lipinski definition) is 1. The second kappa shape index (κ2) is 6.73. The summed E-state index contributed by atoms with van der Waals surface area (Å²) in [6.07, 6.45) is -0.499. The van der Waals surface area contributed by atoms with E-state index in [-0.39, 0.29) is 4.87 Å². The van der Waals surface area contributed by atoms with Gasteiger partial charge in [0.05, 0.1) is 36.4 Å². The molecule has 0 bridgehead atoms. The Bertz CT molecular complexity index is 635. The zero-order valence-corrected chi connectivity index (χ0v) is 13.9. The summed E-state index contributed by atoms with van der Waals surface area (Å²) in [5.74, 6) is 0. The van der Waals surface area contributed by atoms with Gasteiger partial charge in [0.2, 0.25) is 0 Å². The molecule has 21 heavy (non-hydrogen) atoms. The van der Waals surface area contributed by atoms with Gasteiger partial charge in [0.1, 0.15) is 12.6 Å². The third kappa shape index (κ3) is 3.36. The zero-order valence-electron chi connectivity index (χ0n) is 13.1. The van der Waals surface area contributed by atoms with E-state index < -0.39 is 6.10 Å². The molecular weight excluding hydrogens is 284 g/mol. The molecule has 0 spiro atoms. The summed E-state index contributed by atoms with van der Waals surface area (Å²) in [5.41, 5.74) is 0.925. The number of aliphatic hydroxyl groups is 1. The Balaban J connectivity index is 2.20. The molecule has 0 radical (unpaired) electrons. The van der Waals surface area contributed by atoms with Crippen molar-refractivity contribution in [3.8, 4) is 0 Å². The van der Waals surface area contributed by atoms with E-state index in [9.17, 15) is 9.90 Å². The average molecular weight is 309 g/mol. The van der Waals surface area contributed by atoms with Crippen molar-refractivity contribution in [1.82, 2.24) is 4.57 Å². The first kappa shape index (κ1) is 16.2. The van der Waals surface area contributed by atoms with Crippen LogP contribution in [0.15, 0.2) is 29.1 Å². The lowest BCUT2D eigenvalue weighted by Crippen LogP contribution is -2.52. The number of para-hydroxylation sites is 1. The van der Waals surface area contributed by atoms with Crippen molar-refractivity contribution in [2.24, 2.45) is 0 Å². The molecule has 0 amide bonds. The molecule has 1 aromatic heterocycles. The van der Waals surface area contributed by atoms with Crippen LogP contribution in [0.25, 0.3) is 10.2 Å². The van der Waals surface area contributed by atoms with E-state index in [2.05, 4.69) is 20.8 Å². The maximum atomic E-state index is 12.1. The molecule has 0 aliphatic heterocycles. The minimum atomic E-state index is -0.499. The smallest absolute Gasteiger partial charge is 0.308 e. The van der Waals surface area contributed by atoms with Crippen LogP contribution < -0.4 is 4.87 Å². The van der Waals surface area contributed by atoms with Gasteiger partial charge in [-0.25, -0.2) is 0 Å². The van der Waals surface area contributed by atoms with Gasteiger partial charge in [-0.05, 0) is 32.9 Å². The van der Waals surface area contributed by atoms with Crippen LogP contribution in [0.2, 0.25) is 0 Å². The van der Waals surface area contributed by atoms with E-state index in [1.165, 1.54) is 11.3 Å². The lowest BCUT2D eigenvalue weighted by Gasteiger charge is -2.37. The second-order valence-corrected chi connectivity index (χ2v) is 6.57. The van der Waals surface area contributed by atoms with Crippen LogP contribution in [0.5, 0.6) is 0 Å². The van der Waals surface area contributed by atoms with E-state index >= 15 is 0 Å². The molecule has 1 atom stereocenters. The molecular formula is C16H25N2O2S+. The maximum Gasteiger partial charge on any atom is 0.308 e. The number of likely N-dealkylation sites (N-methyl/N-ethyl adjacent to an activating group) is 1. The number of rotatable bonds is 7. The topological polar surface area (TPSA) is 42.2 Å². The number of nitrogens with zero attached hydrogens (tertiary/aromatic N) is 2. The fraction of sp³-hybridized carbons (Fsp3) is 0.562. The summed E-state index contributed by atoms with van der Waals surface area (Å²) in [7, 11) is 0. The van der Waals surface area contributed by atoms with Crippen LogP contribution in [0.3, 0.4) is 0 Å². The normalized spacial score (nSPS) is 13.7. The van der Waals surface area contributed by atoms with Crippen LogP contribution in [0.4, 0.5) is 0 Å².